The van der Waals surface area contributed by atoms with Crippen molar-refractivity contribution in [1.29, 1.82) is 0 Å². The summed E-state index contributed by atoms with van der Waals surface area (Å²) in [7, 11) is 1.70. The molecule has 0 aliphatic rings. The van der Waals surface area contributed by atoms with Crippen LogP contribution in [0.4, 0.5) is 0 Å². The van der Waals surface area contributed by atoms with Crippen LogP contribution in [0.25, 0.3) is 0 Å². The molecule has 0 amide bonds. The number of ether oxygens (including phenoxy) is 1. The maximum Gasteiger partial charge on any atom is 0.125 e. The molecule has 0 atom stereocenters. The van der Waals surface area contributed by atoms with Gasteiger partial charge in [-0.2, -0.15) is 0 Å². The first kappa shape index (κ1) is 9.04. The first-order chi connectivity index (χ1) is 5.88. The minimum absolute atomic E-state index is 0.957. The van der Waals surface area contributed by atoms with Crippen molar-refractivity contribution >= 4 is 0 Å². The Balaban J connectivity index is 2.68. The zero-order valence-corrected chi connectivity index (χ0v) is 7.71. The van der Waals surface area contributed by atoms with Crippen molar-refractivity contribution in [3.63, 3.8) is 0 Å². The molecule has 0 fully saturated rings. The van der Waals surface area contributed by atoms with E-state index in [0.717, 1.165) is 12.2 Å². The molecule has 1 rings (SSSR count). The summed E-state index contributed by atoms with van der Waals surface area (Å²) in [5.41, 5.74) is 1.21. The first-order valence-electron chi connectivity index (χ1n) is 4.35. The topological polar surface area (TPSA) is 22.1 Å². The van der Waals surface area contributed by atoms with E-state index in [1.54, 1.807) is 13.3 Å². The molecular formula is C10H15NO. The Kier molecular flexibility index (Phi) is 3.58. The Bertz CT molecular complexity index is 235. The van der Waals surface area contributed by atoms with Crippen molar-refractivity contribution in [3.8, 4) is 5.75 Å². The van der Waals surface area contributed by atoms with Gasteiger partial charge in [-0.1, -0.05) is 13.3 Å². The van der Waals surface area contributed by atoms with Gasteiger partial charge in [0.15, 0.2) is 0 Å². The highest BCUT2D eigenvalue weighted by molar-refractivity contribution is 5.29. The monoisotopic (exact) mass is 165 g/mol. The van der Waals surface area contributed by atoms with Crippen LogP contribution in [0, 0.1) is 0 Å². The number of hydrogen-bond donors (Lipinski definition) is 0. The fourth-order valence-electron chi connectivity index (χ4n) is 1.17. The van der Waals surface area contributed by atoms with E-state index in [2.05, 4.69) is 11.9 Å². The third-order valence-corrected chi connectivity index (χ3v) is 1.88. The molecule has 66 valence electrons. The van der Waals surface area contributed by atoms with E-state index in [1.165, 1.54) is 18.4 Å². The molecule has 2 nitrogen and oxygen atoms in total. The van der Waals surface area contributed by atoms with Crippen LogP contribution in [0.1, 0.15) is 25.3 Å². The maximum absolute atomic E-state index is 5.20. The lowest BCUT2D eigenvalue weighted by molar-refractivity contribution is 0.408. The Hall–Kier alpha value is -1.05. The lowest BCUT2D eigenvalue weighted by Gasteiger charge is -2.05. The number of rotatable bonds is 4. The van der Waals surface area contributed by atoms with Crippen LogP contribution >= 0.6 is 0 Å². The van der Waals surface area contributed by atoms with E-state index in [0.29, 0.717) is 0 Å². The van der Waals surface area contributed by atoms with E-state index in [9.17, 15) is 0 Å². The van der Waals surface area contributed by atoms with E-state index < -0.39 is 0 Å². The largest absolute Gasteiger partial charge is 0.496 e. The van der Waals surface area contributed by atoms with Crippen molar-refractivity contribution in [3.05, 3.63) is 24.0 Å². The summed E-state index contributed by atoms with van der Waals surface area (Å²) >= 11 is 0. The van der Waals surface area contributed by atoms with E-state index in [1.807, 2.05) is 12.3 Å². The van der Waals surface area contributed by atoms with Crippen LogP contribution in [-0.4, -0.2) is 12.1 Å². The van der Waals surface area contributed by atoms with Gasteiger partial charge in [-0.05, 0) is 18.9 Å². The molecule has 12 heavy (non-hydrogen) atoms. The van der Waals surface area contributed by atoms with E-state index in [-0.39, 0.29) is 0 Å². The molecule has 1 aromatic heterocycles. The van der Waals surface area contributed by atoms with E-state index in [4.69, 9.17) is 4.74 Å². The van der Waals surface area contributed by atoms with Crippen LogP contribution in [0.3, 0.4) is 0 Å². The maximum atomic E-state index is 5.20. The zero-order chi connectivity index (χ0) is 8.81. The Morgan fingerprint density at radius 3 is 3.00 bits per heavy atom. The van der Waals surface area contributed by atoms with Crippen LogP contribution in [0.2, 0.25) is 0 Å². The summed E-state index contributed by atoms with van der Waals surface area (Å²) in [4.78, 5) is 4.07. The number of pyridine rings is 1. The van der Waals surface area contributed by atoms with Crippen molar-refractivity contribution in [1.82, 2.24) is 4.98 Å². The quantitative estimate of drug-likeness (QED) is 0.683. The Morgan fingerprint density at radius 1 is 1.50 bits per heavy atom. The van der Waals surface area contributed by atoms with Crippen LogP contribution < -0.4 is 4.74 Å². The summed E-state index contributed by atoms with van der Waals surface area (Å²) in [6.45, 7) is 2.18. The normalized spacial score (nSPS) is 9.83. The van der Waals surface area contributed by atoms with Gasteiger partial charge in [0.1, 0.15) is 5.75 Å². The molecule has 0 N–H and O–H groups in total. The SMILES string of the molecule is CCCCc1cnccc1OC. The highest BCUT2D eigenvalue weighted by Gasteiger charge is 1.99. The molecule has 0 saturated carbocycles. The second-order valence-corrected chi connectivity index (χ2v) is 2.79. The molecule has 1 aromatic rings. The zero-order valence-electron chi connectivity index (χ0n) is 7.71. The van der Waals surface area contributed by atoms with Crippen LogP contribution in [-0.2, 0) is 6.42 Å². The second-order valence-electron chi connectivity index (χ2n) is 2.79. The summed E-state index contributed by atoms with van der Waals surface area (Å²) < 4.78 is 5.20. The summed E-state index contributed by atoms with van der Waals surface area (Å²) in [6.07, 6.45) is 7.11. The van der Waals surface area contributed by atoms with Gasteiger partial charge in [0, 0.05) is 18.0 Å². The van der Waals surface area contributed by atoms with Crippen molar-refractivity contribution < 1.29 is 4.74 Å². The third kappa shape index (κ3) is 2.22. The first-order valence-corrected chi connectivity index (χ1v) is 4.35. The molecular weight excluding hydrogens is 150 g/mol. The summed E-state index contributed by atoms with van der Waals surface area (Å²) in [5, 5.41) is 0. The number of methoxy groups -OCH3 is 1. The van der Waals surface area contributed by atoms with Crippen LogP contribution in [0.15, 0.2) is 18.5 Å². The predicted molar refractivity (Wildman–Crippen MR) is 49.4 cm³/mol. The standard InChI is InChI=1S/C10H15NO/c1-3-4-5-9-8-11-7-6-10(9)12-2/h6-8H,3-5H2,1-2H3. The molecule has 0 unspecified atom stereocenters. The highest BCUT2D eigenvalue weighted by atomic mass is 16.5. The number of nitrogens with zero attached hydrogens (tertiary/aromatic N) is 1. The van der Waals surface area contributed by atoms with Gasteiger partial charge < -0.3 is 4.74 Å². The predicted octanol–water partition coefficient (Wildman–Crippen LogP) is 2.43. The lowest BCUT2D eigenvalue weighted by Crippen LogP contribution is -1.92. The molecule has 1 heterocycles. The van der Waals surface area contributed by atoms with E-state index >= 15 is 0 Å². The smallest absolute Gasteiger partial charge is 0.125 e. The molecule has 0 aliphatic carbocycles. The Labute approximate surface area is 73.6 Å². The molecule has 0 radical (unpaired) electrons. The minimum Gasteiger partial charge on any atom is -0.496 e. The third-order valence-electron chi connectivity index (χ3n) is 1.88. The van der Waals surface area contributed by atoms with Crippen molar-refractivity contribution in [2.45, 2.75) is 26.2 Å². The number of aryl methyl sites for hydroxylation is 1. The second kappa shape index (κ2) is 4.75. The number of unbranched alkanes of at least 4 members (excludes halogenated alkanes) is 1. The van der Waals surface area contributed by atoms with Gasteiger partial charge >= 0.3 is 0 Å². The molecule has 0 aromatic carbocycles. The summed E-state index contributed by atoms with van der Waals surface area (Å²) in [5.74, 6) is 0.957. The van der Waals surface area contributed by atoms with Gasteiger partial charge in [0.2, 0.25) is 0 Å². The van der Waals surface area contributed by atoms with Crippen molar-refractivity contribution in [2.24, 2.45) is 0 Å². The van der Waals surface area contributed by atoms with Gasteiger partial charge in [-0.3, -0.25) is 4.98 Å². The highest BCUT2D eigenvalue weighted by Crippen LogP contribution is 2.17. The fourth-order valence-corrected chi connectivity index (χ4v) is 1.17. The molecule has 2 heteroatoms. The average Bonchev–Trinajstić information content (AvgIpc) is 2.15. The molecule has 0 saturated heterocycles. The van der Waals surface area contributed by atoms with Crippen LogP contribution in [0.5, 0.6) is 5.75 Å². The van der Waals surface area contributed by atoms with Gasteiger partial charge in [0.05, 0.1) is 7.11 Å². The van der Waals surface area contributed by atoms with Gasteiger partial charge in [-0.25, -0.2) is 0 Å². The number of hydrogen-bond acceptors (Lipinski definition) is 2. The number of aromatic nitrogens is 1. The van der Waals surface area contributed by atoms with Gasteiger partial charge in [-0.15, -0.1) is 0 Å². The molecule has 0 aliphatic heterocycles. The summed E-state index contributed by atoms with van der Waals surface area (Å²) in [6, 6.07) is 1.91. The molecule has 0 bridgehead atoms. The van der Waals surface area contributed by atoms with Crippen molar-refractivity contribution in [2.75, 3.05) is 7.11 Å². The molecule has 0 spiro atoms. The average molecular weight is 165 g/mol. The Morgan fingerprint density at radius 2 is 2.33 bits per heavy atom. The minimum atomic E-state index is 0.957. The van der Waals surface area contributed by atoms with Gasteiger partial charge in [0.25, 0.3) is 0 Å². The fraction of sp³-hybridized carbons (Fsp3) is 0.500. The lowest BCUT2D eigenvalue weighted by atomic mass is 10.1.